The summed E-state index contributed by atoms with van der Waals surface area (Å²) in [4.78, 5) is 21.7. The Morgan fingerprint density at radius 1 is 1.19 bits per heavy atom. The van der Waals surface area contributed by atoms with Crippen LogP contribution in [0.5, 0.6) is 0 Å². The topological polar surface area (TPSA) is 49.0 Å². The molecular weight excluding hydrogens is 282 g/mol. The molecular formula is C16H17N3OS. The SMILES string of the molecule is CCN(Cc1ccccc1)Cc1nc2ccsc2c(=O)[nH]1. The number of hydrogen-bond acceptors (Lipinski definition) is 4. The van der Waals surface area contributed by atoms with Crippen LogP contribution in [0.4, 0.5) is 0 Å². The Bertz CT molecular complexity index is 779. The molecule has 0 radical (unpaired) electrons. The van der Waals surface area contributed by atoms with E-state index in [1.807, 2.05) is 29.6 Å². The van der Waals surface area contributed by atoms with Gasteiger partial charge in [-0.3, -0.25) is 9.69 Å². The van der Waals surface area contributed by atoms with E-state index in [9.17, 15) is 4.79 Å². The highest BCUT2D eigenvalue weighted by molar-refractivity contribution is 7.17. The summed E-state index contributed by atoms with van der Waals surface area (Å²) in [5.74, 6) is 0.726. The molecule has 0 unspecified atom stereocenters. The van der Waals surface area contributed by atoms with E-state index in [4.69, 9.17) is 0 Å². The fourth-order valence-corrected chi connectivity index (χ4v) is 3.05. The lowest BCUT2D eigenvalue weighted by Crippen LogP contribution is -2.25. The monoisotopic (exact) mass is 299 g/mol. The fraction of sp³-hybridized carbons (Fsp3) is 0.250. The zero-order chi connectivity index (χ0) is 14.7. The largest absolute Gasteiger partial charge is 0.308 e. The Morgan fingerprint density at radius 2 is 2.00 bits per heavy atom. The molecule has 0 aliphatic carbocycles. The van der Waals surface area contributed by atoms with Crippen LogP contribution in [-0.4, -0.2) is 21.4 Å². The molecule has 2 aromatic heterocycles. The number of benzene rings is 1. The van der Waals surface area contributed by atoms with E-state index in [0.29, 0.717) is 11.2 Å². The van der Waals surface area contributed by atoms with Crippen LogP contribution >= 0.6 is 11.3 Å². The first-order chi connectivity index (χ1) is 10.3. The zero-order valence-electron chi connectivity index (χ0n) is 11.9. The van der Waals surface area contributed by atoms with Crippen molar-refractivity contribution < 1.29 is 0 Å². The number of nitrogens with zero attached hydrogens (tertiary/aromatic N) is 2. The van der Waals surface area contributed by atoms with E-state index in [1.165, 1.54) is 16.9 Å². The van der Waals surface area contributed by atoms with Crippen molar-refractivity contribution in [3.8, 4) is 0 Å². The molecule has 0 saturated heterocycles. The summed E-state index contributed by atoms with van der Waals surface area (Å²) in [6.45, 7) is 4.51. The number of rotatable bonds is 5. The van der Waals surface area contributed by atoms with Crippen LogP contribution in [0.15, 0.2) is 46.6 Å². The smallest absolute Gasteiger partial charge is 0.268 e. The fourth-order valence-electron chi connectivity index (χ4n) is 2.33. The molecule has 3 rings (SSSR count). The lowest BCUT2D eigenvalue weighted by Gasteiger charge is -2.19. The van der Waals surface area contributed by atoms with E-state index < -0.39 is 0 Å². The molecule has 0 saturated carbocycles. The Morgan fingerprint density at radius 3 is 2.76 bits per heavy atom. The van der Waals surface area contributed by atoms with Crippen molar-refractivity contribution in [1.82, 2.24) is 14.9 Å². The second-order valence-electron chi connectivity index (χ2n) is 4.94. The molecule has 5 heteroatoms. The van der Waals surface area contributed by atoms with Crippen molar-refractivity contribution in [3.05, 3.63) is 63.5 Å². The molecule has 0 atom stereocenters. The Labute approximate surface area is 127 Å². The highest BCUT2D eigenvalue weighted by atomic mass is 32.1. The van der Waals surface area contributed by atoms with Gasteiger partial charge in [-0.15, -0.1) is 11.3 Å². The number of thiophene rings is 1. The summed E-state index contributed by atoms with van der Waals surface area (Å²) >= 11 is 1.43. The van der Waals surface area contributed by atoms with Crippen LogP contribution in [0.3, 0.4) is 0 Å². The molecule has 0 fully saturated rings. The van der Waals surface area contributed by atoms with Gasteiger partial charge in [0.05, 0.1) is 12.1 Å². The number of nitrogens with one attached hydrogen (secondary N) is 1. The Balaban J connectivity index is 1.80. The third kappa shape index (κ3) is 3.20. The van der Waals surface area contributed by atoms with E-state index in [1.54, 1.807) is 0 Å². The number of aromatic amines is 1. The van der Waals surface area contributed by atoms with Gasteiger partial charge in [-0.2, -0.15) is 0 Å². The van der Waals surface area contributed by atoms with Crippen molar-refractivity contribution in [1.29, 1.82) is 0 Å². The van der Waals surface area contributed by atoms with E-state index >= 15 is 0 Å². The average Bonchev–Trinajstić information content (AvgIpc) is 2.96. The van der Waals surface area contributed by atoms with Gasteiger partial charge in [-0.1, -0.05) is 37.3 Å². The van der Waals surface area contributed by atoms with Crippen LogP contribution in [-0.2, 0) is 13.1 Å². The first kappa shape index (κ1) is 14.0. The lowest BCUT2D eigenvalue weighted by atomic mass is 10.2. The van der Waals surface area contributed by atoms with Gasteiger partial charge in [0.25, 0.3) is 5.56 Å². The second kappa shape index (κ2) is 6.20. The Kier molecular flexibility index (Phi) is 4.13. The Hall–Kier alpha value is -1.98. The summed E-state index contributed by atoms with van der Waals surface area (Å²) < 4.78 is 0.699. The summed E-state index contributed by atoms with van der Waals surface area (Å²) in [6.07, 6.45) is 0. The van der Waals surface area contributed by atoms with Crippen molar-refractivity contribution in [3.63, 3.8) is 0 Å². The van der Waals surface area contributed by atoms with Crippen molar-refractivity contribution >= 4 is 21.6 Å². The maximum atomic E-state index is 12.0. The molecule has 0 amide bonds. The van der Waals surface area contributed by atoms with Gasteiger partial charge in [-0.25, -0.2) is 4.98 Å². The maximum Gasteiger partial charge on any atom is 0.268 e. The minimum absolute atomic E-state index is 0.0410. The van der Waals surface area contributed by atoms with Crippen LogP contribution in [0, 0.1) is 0 Å². The van der Waals surface area contributed by atoms with Crippen molar-refractivity contribution in [2.75, 3.05) is 6.54 Å². The van der Waals surface area contributed by atoms with E-state index in [-0.39, 0.29) is 5.56 Å². The van der Waals surface area contributed by atoms with Crippen molar-refractivity contribution in [2.45, 2.75) is 20.0 Å². The van der Waals surface area contributed by atoms with Crippen LogP contribution in [0.1, 0.15) is 18.3 Å². The van der Waals surface area contributed by atoms with Crippen LogP contribution < -0.4 is 5.56 Å². The van der Waals surface area contributed by atoms with Gasteiger partial charge in [0.1, 0.15) is 10.5 Å². The molecule has 0 aliphatic heterocycles. The highest BCUT2D eigenvalue weighted by Gasteiger charge is 2.09. The minimum Gasteiger partial charge on any atom is -0.308 e. The molecule has 108 valence electrons. The molecule has 4 nitrogen and oxygen atoms in total. The molecule has 21 heavy (non-hydrogen) atoms. The average molecular weight is 299 g/mol. The predicted octanol–water partition coefficient (Wildman–Crippen LogP) is 3.01. The van der Waals surface area contributed by atoms with Crippen LogP contribution in [0.25, 0.3) is 10.2 Å². The minimum atomic E-state index is -0.0410. The van der Waals surface area contributed by atoms with E-state index in [0.717, 1.165) is 24.4 Å². The first-order valence-corrected chi connectivity index (χ1v) is 7.87. The highest BCUT2D eigenvalue weighted by Crippen LogP contribution is 2.14. The van der Waals surface area contributed by atoms with E-state index in [2.05, 4.69) is 33.9 Å². The predicted molar refractivity (Wildman–Crippen MR) is 86.5 cm³/mol. The van der Waals surface area contributed by atoms with Gasteiger partial charge in [0, 0.05) is 6.54 Å². The molecule has 0 aliphatic rings. The normalized spacial score (nSPS) is 11.3. The van der Waals surface area contributed by atoms with Crippen molar-refractivity contribution in [2.24, 2.45) is 0 Å². The third-order valence-electron chi connectivity index (χ3n) is 3.43. The lowest BCUT2D eigenvalue weighted by molar-refractivity contribution is 0.264. The summed E-state index contributed by atoms with van der Waals surface area (Å²) in [5, 5.41) is 1.90. The maximum absolute atomic E-state index is 12.0. The van der Waals surface area contributed by atoms with Gasteiger partial charge in [-0.05, 0) is 23.6 Å². The van der Waals surface area contributed by atoms with Gasteiger partial charge >= 0.3 is 0 Å². The molecule has 0 spiro atoms. The molecule has 1 aromatic carbocycles. The van der Waals surface area contributed by atoms with Gasteiger partial charge < -0.3 is 4.98 Å². The molecule has 0 bridgehead atoms. The molecule has 1 N–H and O–H groups in total. The number of fused-ring (bicyclic) bond motifs is 1. The first-order valence-electron chi connectivity index (χ1n) is 6.99. The zero-order valence-corrected chi connectivity index (χ0v) is 12.7. The van der Waals surface area contributed by atoms with Crippen LogP contribution in [0.2, 0.25) is 0 Å². The number of aromatic nitrogens is 2. The summed E-state index contributed by atoms with van der Waals surface area (Å²) in [6, 6.07) is 12.2. The third-order valence-corrected chi connectivity index (χ3v) is 4.34. The number of H-pyrrole nitrogens is 1. The summed E-state index contributed by atoms with van der Waals surface area (Å²) in [5.41, 5.74) is 2.01. The van der Waals surface area contributed by atoms with Gasteiger partial charge in [0.15, 0.2) is 0 Å². The quantitative estimate of drug-likeness (QED) is 0.788. The molecule has 3 aromatic rings. The van der Waals surface area contributed by atoms with Gasteiger partial charge in [0.2, 0.25) is 0 Å². The standard InChI is InChI=1S/C16H17N3OS/c1-2-19(10-12-6-4-3-5-7-12)11-14-17-13-8-9-21-15(13)16(20)18-14/h3-9H,2,10-11H2,1H3,(H,17,18,20). The molecule has 2 heterocycles. The number of hydrogen-bond donors (Lipinski definition) is 1. The summed E-state index contributed by atoms with van der Waals surface area (Å²) in [7, 11) is 0. The second-order valence-corrected chi connectivity index (χ2v) is 5.85.